The van der Waals surface area contributed by atoms with Crippen LogP contribution < -0.4 is 0 Å². The van der Waals surface area contributed by atoms with Gasteiger partial charge in [0.1, 0.15) is 16.7 Å². The SMILES string of the molecule is [Ir+3].[Ir+3].[Ir+3].[c-]1cc2c(cc1-c1ccccn1)oc1ccccc12.[c-]1cc2oc3ccccc3c2cc1-c1ccccn1.[c-]1ccc2c(oc3ccccc32)c1-c1ccccn1.[c-]1ccccc1-c1ccccn1.[c-]1ccccc1-c1ccccn1.[c-]1ccccc1-c1ccccn1.[c-]1ccccc1-c1ccccn1.[c-]1ccccc1-c1ccccn1.[c-]1ccccc1-c1ccccn1. The minimum Gasteiger partial charge on any atom is -0.501 e. The van der Waals surface area contributed by atoms with Crippen molar-refractivity contribution in [3.63, 3.8) is 0 Å². The van der Waals surface area contributed by atoms with Crippen LogP contribution in [0.5, 0.6) is 0 Å². The number of furan rings is 3. The van der Waals surface area contributed by atoms with Crippen LogP contribution in [0.3, 0.4) is 0 Å². The summed E-state index contributed by atoms with van der Waals surface area (Å²) >= 11 is 0. The van der Waals surface area contributed by atoms with E-state index in [2.05, 4.69) is 124 Å². The van der Waals surface area contributed by atoms with Crippen molar-refractivity contribution in [3.05, 3.63) is 529 Å². The predicted octanol–water partition coefficient (Wildman–Crippen LogP) is 28.6. The van der Waals surface area contributed by atoms with E-state index in [-0.39, 0.29) is 60.3 Å². The summed E-state index contributed by atoms with van der Waals surface area (Å²) in [7, 11) is 0. The molecular formula is C117H78Ir3N9O3. The van der Waals surface area contributed by atoms with Gasteiger partial charge in [-0.1, -0.05) is 192 Å². The fourth-order valence-electron chi connectivity index (χ4n) is 13.5. The number of nitrogens with zero attached hydrogens (tertiary/aromatic N) is 9. The minimum absolute atomic E-state index is 0. The number of aromatic nitrogens is 9. The molecule has 12 aromatic carbocycles. The molecule has 12 nitrogen and oxygen atoms in total. The summed E-state index contributed by atoms with van der Waals surface area (Å²) < 4.78 is 17.6. The molecule has 0 aliphatic heterocycles. The van der Waals surface area contributed by atoms with Crippen LogP contribution in [0.4, 0.5) is 0 Å². The Morgan fingerprint density at radius 2 is 0.417 bits per heavy atom. The molecule has 636 valence electrons. The molecule has 15 heteroatoms. The molecule has 0 aliphatic carbocycles. The number of rotatable bonds is 9. The fraction of sp³-hybridized carbons (Fsp3) is 0. The molecule has 0 saturated heterocycles. The Morgan fingerprint density at radius 3 is 0.727 bits per heavy atom. The summed E-state index contributed by atoms with van der Waals surface area (Å²) in [6, 6.07) is 164. The maximum Gasteiger partial charge on any atom is 3.00 e. The second-order valence-corrected chi connectivity index (χ2v) is 28.2. The molecule has 24 rings (SSSR count). The first-order valence-corrected chi connectivity index (χ1v) is 41.6. The maximum absolute atomic E-state index is 5.97. The summed E-state index contributed by atoms with van der Waals surface area (Å²) in [5.74, 6) is 0. The first-order valence-electron chi connectivity index (χ1n) is 41.6. The van der Waals surface area contributed by atoms with Crippen LogP contribution in [0, 0.1) is 54.6 Å². The van der Waals surface area contributed by atoms with E-state index in [4.69, 9.17) is 13.3 Å². The van der Waals surface area contributed by atoms with Crippen molar-refractivity contribution in [2.24, 2.45) is 0 Å². The third kappa shape index (κ3) is 26.1. The average Bonchev–Trinajstić information content (AvgIpc) is 1.64. The molecule has 132 heavy (non-hydrogen) atoms. The minimum atomic E-state index is 0. The molecular weight excluding hydrogens is 2160 g/mol. The zero-order chi connectivity index (χ0) is 87.3. The largest absolute Gasteiger partial charge is 3.00 e. The van der Waals surface area contributed by atoms with Crippen LogP contribution in [-0.2, 0) is 60.3 Å². The van der Waals surface area contributed by atoms with Crippen molar-refractivity contribution < 1.29 is 73.6 Å². The Hall–Kier alpha value is -15.7. The summed E-state index contributed by atoms with van der Waals surface area (Å²) in [5, 5.41) is 6.69. The molecule has 0 atom stereocenters. The van der Waals surface area contributed by atoms with Gasteiger partial charge in [-0.3, -0.25) is 0 Å². The molecule has 0 fully saturated rings. The van der Waals surface area contributed by atoms with Gasteiger partial charge in [0.15, 0.2) is 0 Å². The van der Waals surface area contributed by atoms with Gasteiger partial charge < -0.3 is 58.1 Å². The molecule has 0 spiro atoms. The van der Waals surface area contributed by atoms with E-state index >= 15 is 0 Å². The van der Waals surface area contributed by atoms with Crippen LogP contribution in [-0.4, -0.2) is 44.9 Å². The van der Waals surface area contributed by atoms with E-state index in [1.807, 2.05) is 394 Å². The zero-order valence-corrected chi connectivity index (χ0v) is 78.0. The van der Waals surface area contributed by atoms with Crippen molar-refractivity contribution in [2.75, 3.05) is 0 Å². The topological polar surface area (TPSA) is 155 Å². The molecule has 12 heterocycles. The smallest absolute Gasteiger partial charge is 0.501 e. The van der Waals surface area contributed by atoms with E-state index < -0.39 is 0 Å². The van der Waals surface area contributed by atoms with Crippen molar-refractivity contribution in [2.45, 2.75) is 0 Å². The number of hydrogen-bond acceptors (Lipinski definition) is 12. The number of hydrogen-bond donors (Lipinski definition) is 0. The van der Waals surface area contributed by atoms with E-state index in [0.29, 0.717) is 0 Å². The number of benzene rings is 12. The normalized spacial score (nSPS) is 10.1. The molecule has 0 unspecified atom stereocenters. The van der Waals surface area contributed by atoms with Gasteiger partial charge in [0.05, 0.1) is 16.7 Å². The van der Waals surface area contributed by atoms with Gasteiger partial charge in [-0.15, -0.1) is 275 Å². The van der Waals surface area contributed by atoms with Crippen LogP contribution in [0.1, 0.15) is 0 Å². The first kappa shape index (κ1) is 94.0. The van der Waals surface area contributed by atoms with Crippen molar-refractivity contribution in [1.82, 2.24) is 44.9 Å². The summed E-state index contributed by atoms with van der Waals surface area (Å²) in [5.41, 5.74) is 22.9. The standard InChI is InChI=1S/3C17H10NO.6C11H8N.3Ir/c1-2-10-16-12(6-1)13-7-5-8-14(17(13)19-16)15-9-3-4-11-18-15;1-2-7-16-13(5-1)14-11-12(8-9-17(14)19-16)15-6-3-4-10-18-15;1-2-7-16-13(5-1)14-9-8-12(11-17(14)19-16)15-6-3-4-10-18-15;6*1-2-6-10(7-3-1)11-8-4-5-9-12-11;;;/h3*1-7,9-11H;6*1-6,8-9H;;;/q9*-1;3*+3. The maximum atomic E-state index is 5.97. The quantitative estimate of drug-likeness (QED) is 0.126. The van der Waals surface area contributed by atoms with Crippen LogP contribution in [0.15, 0.2) is 488 Å². The Labute approximate surface area is 807 Å². The Kier molecular flexibility index (Phi) is 35.7. The summed E-state index contributed by atoms with van der Waals surface area (Å²) in [6.45, 7) is 0. The van der Waals surface area contributed by atoms with E-state index in [0.717, 1.165) is 167 Å². The van der Waals surface area contributed by atoms with Crippen LogP contribution >= 0.6 is 0 Å². The first-order chi connectivity index (χ1) is 64.1. The molecule has 0 radical (unpaired) electrons. The molecule has 24 aromatic rings. The van der Waals surface area contributed by atoms with Gasteiger partial charge in [-0.2, -0.15) is 0 Å². The molecule has 0 N–H and O–H groups in total. The third-order valence-corrected chi connectivity index (χ3v) is 19.7. The van der Waals surface area contributed by atoms with Gasteiger partial charge in [0.2, 0.25) is 0 Å². The fourth-order valence-corrected chi connectivity index (χ4v) is 13.5. The van der Waals surface area contributed by atoms with Gasteiger partial charge in [0.25, 0.3) is 0 Å². The van der Waals surface area contributed by atoms with E-state index in [1.165, 1.54) is 0 Å². The number of para-hydroxylation sites is 3. The van der Waals surface area contributed by atoms with Gasteiger partial charge in [-0.25, -0.2) is 0 Å². The zero-order valence-electron chi connectivity index (χ0n) is 70.8. The van der Waals surface area contributed by atoms with E-state index in [9.17, 15) is 0 Å². The number of pyridine rings is 9. The second kappa shape index (κ2) is 50.2. The molecule has 0 aliphatic rings. The molecule has 0 saturated carbocycles. The Morgan fingerprint density at radius 1 is 0.159 bits per heavy atom. The van der Waals surface area contributed by atoms with Crippen molar-refractivity contribution >= 4 is 65.8 Å². The second-order valence-electron chi connectivity index (χ2n) is 28.2. The molecule has 0 amide bonds. The average molecular weight is 2230 g/mol. The monoisotopic (exact) mass is 2240 g/mol. The Bertz CT molecular complexity index is 6600. The number of fused-ring (bicyclic) bond motifs is 9. The summed E-state index contributed by atoms with van der Waals surface area (Å²) in [6.07, 6.45) is 16.1. The van der Waals surface area contributed by atoms with Gasteiger partial charge >= 0.3 is 60.3 Å². The van der Waals surface area contributed by atoms with E-state index in [1.54, 1.807) is 55.8 Å². The van der Waals surface area contributed by atoms with Crippen LogP contribution in [0.25, 0.3) is 167 Å². The van der Waals surface area contributed by atoms with Crippen molar-refractivity contribution in [1.29, 1.82) is 0 Å². The Balaban J connectivity index is 0.000000127. The summed E-state index contributed by atoms with van der Waals surface area (Å²) in [4.78, 5) is 38.4. The molecule has 0 bridgehead atoms. The van der Waals surface area contributed by atoms with Crippen LogP contribution in [0.2, 0.25) is 0 Å². The molecule has 12 aromatic heterocycles. The third-order valence-electron chi connectivity index (χ3n) is 19.7. The van der Waals surface area contributed by atoms with Gasteiger partial charge in [-0.05, 0) is 129 Å². The predicted molar refractivity (Wildman–Crippen MR) is 518 cm³/mol. The van der Waals surface area contributed by atoms with Gasteiger partial charge in [0, 0.05) is 66.5 Å². The van der Waals surface area contributed by atoms with Crippen molar-refractivity contribution in [3.8, 4) is 101 Å².